The van der Waals surface area contributed by atoms with Gasteiger partial charge in [0, 0.05) is 18.7 Å². The minimum atomic E-state index is -0.343. The number of benzene rings is 2. The average molecular weight is 414 g/mol. The maximum atomic E-state index is 12.5. The van der Waals surface area contributed by atoms with Crippen molar-refractivity contribution in [1.82, 2.24) is 25.1 Å². The minimum Gasteiger partial charge on any atom is -0.355 e. The number of anilines is 1. The molecule has 0 bridgehead atoms. The molecule has 31 heavy (non-hydrogen) atoms. The van der Waals surface area contributed by atoms with E-state index < -0.39 is 0 Å². The lowest BCUT2D eigenvalue weighted by molar-refractivity contribution is -0.111. The van der Waals surface area contributed by atoms with Crippen molar-refractivity contribution in [2.75, 3.05) is 12.4 Å². The summed E-state index contributed by atoms with van der Waals surface area (Å²) in [5.41, 5.74) is 2.50. The lowest BCUT2D eigenvalue weighted by Gasteiger charge is -2.10. The number of amides is 2. The molecule has 0 radical (unpaired) electrons. The van der Waals surface area contributed by atoms with Crippen molar-refractivity contribution in [3.05, 3.63) is 88.6 Å². The lowest BCUT2D eigenvalue weighted by Crippen LogP contribution is -2.17. The number of para-hydroxylation sites is 2. The number of hydrogen-bond acceptors (Lipinski definition) is 5. The van der Waals surface area contributed by atoms with E-state index in [0.717, 1.165) is 5.56 Å². The van der Waals surface area contributed by atoms with Gasteiger partial charge in [-0.1, -0.05) is 24.3 Å². The molecule has 0 saturated carbocycles. The smallest absolute Gasteiger partial charge is 0.261 e. The van der Waals surface area contributed by atoms with Crippen LogP contribution in [0.25, 0.3) is 22.8 Å². The zero-order chi connectivity index (χ0) is 21.8. The Hall–Kier alpha value is -4.53. The lowest BCUT2D eigenvalue weighted by atomic mass is 10.1. The summed E-state index contributed by atoms with van der Waals surface area (Å²) in [5, 5.41) is 9.98. The first-order valence-corrected chi connectivity index (χ1v) is 9.39. The van der Waals surface area contributed by atoms with Gasteiger partial charge in [0.05, 0.1) is 23.9 Å². The maximum absolute atomic E-state index is 12.5. The quantitative estimate of drug-likeness (QED) is 0.432. The van der Waals surface area contributed by atoms with E-state index in [4.69, 9.17) is 0 Å². The molecular formula is C22H18N6O3. The number of aromatic nitrogens is 4. The molecule has 0 fully saturated rings. The Bertz CT molecular complexity index is 1350. The van der Waals surface area contributed by atoms with Crippen LogP contribution < -0.4 is 16.2 Å². The predicted molar refractivity (Wildman–Crippen MR) is 117 cm³/mol. The summed E-state index contributed by atoms with van der Waals surface area (Å²) in [5.74, 6) is -0.516. The number of rotatable bonds is 5. The Morgan fingerprint density at radius 3 is 2.65 bits per heavy atom. The number of nitrogens with zero attached hydrogens (tertiary/aromatic N) is 3. The van der Waals surface area contributed by atoms with Crippen LogP contribution in [-0.4, -0.2) is 38.6 Å². The Labute approximate surface area is 176 Å². The van der Waals surface area contributed by atoms with Crippen molar-refractivity contribution in [1.29, 1.82) is 0 Å². The van der Waals surface area contributed by atoms with Crippen LogP contribution in [0.2, 0.25) is 0 Å². The normalized spacial score (nSPS) is 11.0. The Balaban J connectivity index is 1.55. The summed E-state index contributed by atoms with van der Waals surface area (Å²) in [6, 6.07) is 14.0. The van der Waals surface area contributed by atoms with Crippen LogP contribution in [0.1, 0.15) is 15.9 Å². The SMILES string of the molecule is CNC(=O)c1ccc(/C=C/C(=O)Nc2ccccc2-n2ncc3c(=O)[nH]cnc32)cc1. The van der Waals surface area contributed by atoms with Crippen LogP contribution in [0.3, 0.4) is 0 Å². The van der Waals surface area contributed by atoms with E-state index >= 15 is 0 Å². The molecule has 4 aromatic rings. The topological polar surface area (TPSA) is 122 Å². The highest BCUT2D eigenvalue weighted by molar-refractivity contribution is 6.03. The summed E-state index contributed by atoms with van der Waals surface area (Å²) >= 11 is 0. The molecule has 0 aliphatic heterocycles. The Morgan fingerprint density at radius 2 is 1.87 bits per heavy atom. The van der Waals surface area contributed by atoms with E-state index in [-0.39, 0.29) is 17.4 Å². The summed E-state index contributed by atoms with van der Waals surface area (Å²) in [7, 11) is 1.57. The molecule has 0 saturated heterocycles. The van der Waals surface area contributed by atoms with Gasteiger partial charge in [0.15, 0.2) is 5.65 Å². The van der Waals surface area contributed by atoms with Crippen LogP contribution >= 0.6 is 0 Å². The first-order valence-electron chi connectivity index (χ1n) is 9.39. The standard InChI is InChI=1S/C22H18N6O3/c1-23-21(30)15-9-6-14(7-10-15)8-11-19(29)27-17-4-2-3-5-18(17)28-20-16(12-26-28)22(31)25-13-24-20/h2-13H,1H3,(H,23,30)(H,27,29)(H,24,25,31)/b11-8+. The highest BCUT2D eigenvalue weighted by Gasteiger charge is 2.13. The van der Waals surface area contributed by atoms with Crippen molar-refractivity contribution in [2.45, 2.75) is 0 Å². The molecule has 0 aliphatic carbocycles. The van der Waals surface area contributed by atoms with Gasteiger partial charge in [-0.25, -0.2) is 9.67 Å². The van der Waals surface area contributed by atoms with Crippen molar-refractivity contribution in [2.24, 2.45) is 0 Å². The fraction of sp³-hybridized carbons (Fsp3) is 0.0455. The number of carbonyl (C=O) groups excluding carboxylic acids is 2. The number of aromatic amines is 1. The molecular weight excluding hydrogens is 396 g/mol. The summed E-state index contributed by atoms with van der Waals surface area (Å²) in [6.45, 7) is 0. The number of nitrogens with one attached hydrogen (secondary N) is 3. The van der Waals surface area contributed by atoms with Gasteiger partial charge in [-0.05, 0) is 35.9 Å². The van der Waals surface area contributed by atoms with Gasteiger partial charge in [0.1, 0.15) is 5.39 Å². The summed E-state index contributed by atoms with van der Waals surface area (Å²) in [4.78, 5) is 42.7. The third-order valence-electron chi connectivity index (χ3n) is 4.59. The molecule has 4 rings (SSSR count). The maximum Gasteiger partial charge on any atom is 0.261 e. The molecule has 2 aromatic heterocycles. The summed E-state index contributed by atoms with van der Waals surface area (Å²) < 4.78 is 1.50. The molecule has 2 aromatic carbocycles. The third kappa shape index (κ3) is 4.10. The van der Waals surface area contributed by atoms with Crippen LogP contribution in [0.5, 0.6) is 0 Å². The molecule has 3 N–H and O–H groups in total. The molecule has 9 heteroatoms. The number of fused-ring (bicyclic) bond motifs is 1. The third-order valence-corrected chi connectivity index (χ3v) is 4.59. The van der Waals surface area contributed by atoms with Gasteiger partial charge in [-0.3, -0.25) is 14.4 Å². The number of carbonyl (C=O) groups is 2. The van der Waals surface area contributed by atoms with Gasteiger partial charge in [-0.15, -0.1) is 0 Å². The predicted octanol–water partition coefficient (Wildman–Crippen LogP) is 2.12. The first-order chi connectivity index (χ1) is 15.1. The molecule has 9 nitrogen and oxygen atoms in total. The van der Waals surface area contributed by atoms with Gasteiger partial charge < -0.3 is 15.6 Å². The van der Waals surface area contributed by atoms with E-state index in [9.17, 15) is 14.4 Å². The van der Waals surface area contributed by atoms with E-state index in [1.807, 2.05) is 0 Å². The van der Waals surface area contributed by atoms with Gasteiger partial charge in [0.2, 0.25) is 5.91 Å². The second kappa shape index (κ2) is 8.46. The van der Waals surface area contributed by atoms with Crippen LogP contribution in [-0.2, 0) is 4.79 Å². The zero-order valence-electron chi connectivity index (χ0n) is 16.5. The van der Waals surface area contributed by atoms with Crippen LogP contribution in [0.15, 0.2) is 71.9 Å². The van der Waals surface area contributed by atoms with Crippen molar-refractivity contribution in [3.8, 4) is 5.69 Å². The monoisotopic (exact) mass is 414 g/mol. The number of hydrogen-bond donors (Lipinski definition) is 3. The molecule has 0 aliphatic rings. The van der Waals surface area contributed by atoms with Gasteiger partial charge in [-0.2, -0.15) is 5.10 Å². The highest BCUT2D eigenvalue weighted by Crippen LogP contribution is 2.22. The van der Waals surface area contributed by atoms with Crippen LogP contribution in [0.4, 0.5) is 5.69 Å². The fourth-order valence-corrected chi connectivity index (χ4v) is 3.03. The van der Waals surface area contributed by atoms with Crippen molar-refractivity contribution in [3.63, 3.8) is 0 Å². The van der Waals surface area contributed by atoms with Gasteiger partial charge >= 0.3 is 0 Å². The molecule has 0 spiro atoms. The summed E-state index contributed by atoms with van der Waals surface area (Å²) in [6.07, 6.45) is 5.79. The van der Waals surface area contributed by atoms with Crippen molar-refractivity contribution >= 4 is 34.6 Å². The highest BCUT2D eigenvalue weighted by atomic mass is 16.2. The van der Waals surface area contributed by atoms with E-state index in [1.165, 1.54) is 23.3 Å². The van der Waals surface area contributed by atoms with Crippen LogP contribution in [0, 0.1) is 0 Å². The van der Waals surface area contributed by atoms with Crippen molar-refractivity contribution < 1.29 is 9.59 Å². The molecule has 0 unspecified atom stereocenters. The minimum absolute atomic E-state index is 0.174. The van der Waals surface area contributed by atoms with E-state index in [0.29, 0.717) is 28.0 Å². The second-order valence-corrected chi connectivity index (χ2v) is 6.57. The fourth-order valence-electron chi connectivity index (χ4n) is 3.03. The second-order valence-electron chi connectivity index (χ2n) is 6.57. The molecule has 2 heterocycles. The Kier molecular flexibility index (Phi) is 5.39. The molecule has 154 valence electrons. The molecule has 2 amide bonds. The first kappa shape index (κ1) is 19.8. The Morgan fingerprint density at radius 1 is 1.10 bits per heavy atom. The van der Waals surface area contributed by atoms with E-state index in [1.54, 1.807) is 61.7 Å². The van der Waals surface area contributed by atoms with Gasteiger partial charge in [0.25, 0.3) is 11.5 Å². The average Bonchev–Trinajstić information content (AvgIpc) is 3.23. The zero-order valence-corrected chi connectivity index (χ0v) is 16.5. The molecule has 0 atom stereocenters. The number of H-pyrrole nitrogens is 1. The largest absolute Gasteiger partial charge is 0.355 e. The van der Waals surface area contributed by atoms with E-state index in [2.05, 4.69) is 25.7 Å².